The molecule has 0 bridgehead atoms. The Balaban J connectivity index is 1.36. The predicted octanol–water partition coefficient (Wildman–Crippen LogP) is 9.88. The van der Waals surface area contributed by atoms with Crippen LogP contribution in [-0.2, 0) is 9.59 Å². The van der Waals surface area contributed by atoms with Crippen molar-refractivity contribution in [3.05, 3.63) is 167 Å². The number of nitrogens with zero attached hydrogens (tertiary/aromatic N) is 4. The fourth-order valence-corrected chi connectivity index (χ4v) is 6.94. The molecule has 0 spiro atoms. The van der Waals surface area contributed by atoms with Crippen molar-refractivity contribution in [2.75, 3.05) is 0 Å². The Morgan fingerprint density at radius 2 is 1.00 bits per heavy atom. The zero-order valence-corrected chi connectivity index (χ0v) is 27.4. The molecular formula is C44H26N4O4. The van der Waals surface area contributed by atoms with Crippen LogP contribution < -0.4 is 0 Å². The van der Waals surface area contributed by atoms with Gasteiger partial charge in [-0.3, -0.25) is 4.79 Å². The van der Waals surface area contributed by atoms with Crippen molar-refractivity contribution in [3.63, 3.8) is 0 Å². The van der Waals surface area contributed by atoms with Crippen LogP contribution in [0.1, 0.15) is 11.1 Å². The van der Waals surface area contributed by atoms with Crippen LogP contribution in [0.4, 0.5) is 0 Å². The van der Waals surface area contributed by atoms with Crippen molar-refractivity contribution in [1.29, 1.82) is 5.26 Å². The van der Waals surface area contributed by atoms with Gasteiger partial charge in [0.05, 0.1) is 28.6 Å². The molecule has 0 radical (unpaired) electrons. The summed E-state index contributed by atoms with van der Waals surface area (Å²) in [6, 6.07) is 45.8. The van der Waals surface area contributed by atoms with Crippen molar-refractivity contribution in [2.24, 2.45) is 0 Å². The van der Waals surface area contributed by atoms with E-state index in [-0.39, 0.29) is 11.3 Å². The molecule has 0 aliphatic carbocycles. The summed E-state index contributed by atoms with van der Waals surface area (Å²) in [6.45, 7) is 7.33. The first-order valence-electron chi connectivity index (χ1n) is 16.3. The summed E-state index contributed by atoms with van der Waals surface area (Å²) in [7, 11) is 0. The van der Waals surface area contributed by atoms with E-state index in [1.54, 1.807) is 6.07 Å². The van der Waals surface area contributed by atoms with E-state index in [1.165, 1.54) is 12.2 Å². The van der Waals surface area contributed by atoms with E-state index in [0.29, 0.717) is 11.1 Å². The molecule has 0 atom stereocenters. The highest BCUT2D eigenvalue weighted by molar-refractivity contribution is 6.13. The van der Waals surface area contributed by atoms with Crippen molar-refractivity contribution < 1.29 is 19.8 Å². The minimum Gasteiger partial charge on any atom is -0.486 e. The highest BCUT2D eigenvalue weighted by atomic mass is 16.4. The maximum absolute atomic E-state index is 11.6. The fourth-order valence-electron chi connectivity index (χ4n) is 6.94. The maximum Gasteiger partial charge on any atom is 0.346 e. The number of benzene rings is 6. The molecule has 0 aliphatic heterocycles. The number of carbonyl (C=O) groups is 2. The Bertz CT molecular complexity index is 2720. The van der Waals surface area contributed by atoms with Gasteiger partial charge in [0.1, 0.15) is 11.6 Å². The Hall–Kier alpha value is -7.68. The van der Waals surface area contributed by atoms with E-state index in [1.807, 2.05) is 97.1 Å². The van der Waals surface area contributed by atoms with Gasteiger partial charge in [-0.1, -0.05) is 60.7 Å². The average molecular weight is 675 g/mol. The van der Waals surface area contributed by atoms with E-state index in [9.17, 15) is 25.1 Å². The average Bonchev–Trinajstić information content (AvgIpc) is 3.67. The Morgan fingerprint density at radius 3 is 1.40 bits per heavy atom. The maximum atomic E-state index is 11.6. The molecule has 8 heteroatoms. The number of hydrogen-bond acceptors (Lipinski definition) is 3. The number of hydrogen-bond donors (Lipinski definition) is 2. The number of rotatable bonds is 7. The first-order chi connectivity index (χ1) is 25.3. The lowest BCUT2D eigenvalue weighted by atomic mass is 9.99. The van der Waals surface area contributed by atoms with Gasteiger partial charge in [-0.15, -0.1) is 0 Å². The molecule has 8 nitrogen and oxygen atoms in total. The van der Waals surface area contributed by atoms with Crippen molar-refractivity contribution >= 4 is 67.7 Å². The molecule has 8 rings (SSSR count). The van der Waals surface area contributed by atoms with E-state index < -0.39 is 11.9 Å². The number of carboxylic acid groups (broad SMARTS) is 2. The van der Waals surface area contributed by atoms with Crippen LogP contribution in [0, 0.1) is 17.9 Å². The standard InChI is InChI=1S/C44H26N4O4/c1-46-38(44(51)52)23-28-13-17-40-35(22-28)37-25-30(15-19-42(37)48(40)33-10-6-3-7-11-33)29-14-18-41-36(24-29)34-21-27(20-31(26-45)43(49)50)12-16-39(34)47(41)32-8-4-2-5-9-32/h2-25H,(H,49,50)(H,51,52)/b31-20+,38-23-. The monoisotopic (exact) mass is 674 g/mol. The Morgan fingerprint density at radius 1 is 0.577 bits per heavy atom. The largest absolute Gasteiger partial charge is 0.486 e. The van der Waals surface area contributed by atoms with Gasteiger partial charge in [-0.2, -0.15) is 5.26 Å². The van der Waals surface area contributed by atoms with Crippen LogP contribution in [0.5, 0.6) is 0 Å². The second-order valence-corrected chi connectivity index (χ2v) is 12.3. The fraction of sp³-hybridized carbons (Fsp3) is 0. The topological polar surface area (TPSA) is 113 Å². The van der Waals surface area contributed by atoms with Crippen molar-refractivity contribution in [3.8, 4) is 28.6 Å². The van der Waals surface area contributed by atoms with Gasteiger partial charge in [0.2, 0.25) is 0 Å². The second-order valence-electron chi connectivity index (χ2n) is 12.3. The molecule has 246 valence electrons. The zero-order valence-electron chi connectivity index (χ0n) is 27.4. The Labute approximate surface area is 297 Å². The summed E-state index contributed by atoms with van der Waals surface area (Å²) in [5, 5.41) is 32.1. The van der Waals surface area contributed by atoms with Gasteiger partial charge in [0.15, 0.2) is 0 Å². The molecule has 2 heterocycles. The number of aromatic nitrogens is 2. The third kappa shape index (κ3) is 5.34. The summed E-state index contributed by atoms with van der Waals surface area (Å²) >= 11 is 0. The van der Waals surface area contributed by atoms with Gasteiger partial charge in [-0.25, -0.2) is 9.64 Å². The highest BCUT2D eigenvalue weighted by Gasteiger charge is 2.17. The third-order valence-electron chi connectivity index (χ3n) is 9.25. The number of nitriles is 1. The summed E-state index contributed by atoms with van der Waals surface area (Å²) in [6.07, 6.45) is 2.77. The van der Waals surface area contributed by atoms with Crippen LogP contribution in [0.25, 0.3) is 83.1 Å². The lowest BCUT2D eigenvalue weighted by Crippen LogP contribution is -1.97. The lowest BCUT2D eigenvalue weighted by Gasteiger charge is -2.09. The number of aliphatic carboxylic acids is 2. The van der Waals surface area contributed by atoms with E-state index in [2.05, 4.69) is 50.4 Å². The predicted molar refractivity (Wildman–Crippen MR) is 204 cm³/mol. The van der Waals surface area contributed by atoms with Crippen molar-refractivity contribution in [1.82, 2.24) is 9.13 Å². The van der Waals surface area contributed by atoms with E-state index >= 15 is 0 Å². The molecule has 0 aliphatic rings. The van der Waals surface area contributed by atoms with Gasteiger partial charge < -0.3 is 19.3 Å². The highest BCUT2D eigenvalue weighted by Crippen LogP contribution is 2.39. The molecule has 2 N–H and O–H groups in total. The molecule has 8 aromatic rings. The number of fused-ring (bicyclic) bond motifs is 6. The van der Waals surface area contributed by atoms with Gasteiger partial charge in [-0.05, 0) is 107 Å². The second kappa shape index (κ2) is 12.6. The number of carboxylic acids is 2. The summed E-state index contributed by atoms with van der Waals surface area (Å²) in [5.41, 5.74) is 8.21. The summed E-state index contributed by atoms with van der Waals surface area (Å²) in [5.74, 6) is -2.55. The molecular weight excluding hydrogens is 649 g/mol. The number of para-hydroxylation sites is 2. The van der Waals surface area contributed by atoms with Crippen LogP contribution in [-0.4, -0.2) is 31.3 Å². The van der Waals surface area contributed by atoms with Gasteiger partial charge in [0, 0.05) is 32.9 Å². The molecule has 0 saturated heterocycles. The van der Waals surface area contributed by atoms with Crippen LogP contribution in [0.3, 0.4) is 0 Å². The van der Waals surface area contributed by atoms with Crippen LogP contribution in [0.2, 0.25) is 0 Å². The zero-order chi connectivity index (χ0) is 35.9. The molecule has 2 aromatic heterocycles. The third-order valence-corrected chi connectivity index (χ3v) is 9.25. The smallest absolute Gasteiger partial charge is 0.346 e. The van der Waals surface area contributed by atoms with Crippen LogP contribution >= 0.6 is 0 Å². The van der Waals surface area contributed by atoms with E-state index in [0.717, 1.165) is 66.1 Å². The normalized spacial score (nSPS) is 12.0. The van der Waals surface area contributed by atoms with Crippen molar-refractivity contribution in [2.45, 2.75) is 0 Å². The van der Waals surface area contributed by atoms with Gasteiger partial charge in [0.25, 0.3) is 5.70 Å². The molecule has 0 fully saturated rings. The minimum atomic E-state index is -1.28. The lowest BCUT2D eigenvalue weighted by molar-refractivity contribution is -0.133. The Kier molecular flexibility index (Phi) is 7.68. The van der Waals surface area contributed by atoms with Crippen LogP contribution in [0.15, 0.2) is 145 Å². The molecule has 0 saturated carbocycles. The quantitative estimate of drug-likeness (QED) is 0.0993. The van der Waals surface area contributed by atoms with E-state index in [4.69, 9.17) is 6.57 Å². The molecule has 0 unspecified atom stereocenters. The summed E-state index contributed by atoms with van der Waals surface area (Å²) in [4.78, 5) is 26.5. The first-order valence-corrected chi connectivity index (χ1v) is 16.3. The molecule has 0 amide bonds. The minimum absolute atomic E-state index is 0.346. The van der Waals surface area contributed by atoms with Gasteiger partial charge >= 0.3 is 11.9 Å². The molecule has 6 aromatic carbocycles. The molecule has 52 heavy (non-hydrogen) atoms. The SMILES string of the molecule is [C-]#[N+]/C(=C\c1ccc2c(c1)c1cc(-c3ccc4c(c3)c3cc(/C=C(\C#N)C(=O)O)ccc3n4-c3ccccc3)ccc1n2-c1ccccc1)C(=O)O. The first kappa shape index (κ1) is 31.6. The summed E-state index contributed by atoms with van der Waals surface area (Å²) < 4.78 is 4.35.